The monoisotopic (exact) mass is 675 g/mol. The molecule has 11 rings (SSSR count). The van der Waals surface area contributed by atoms with E-state index in [1.165, 1.54) is 33.0 Å². The lowest BCUT2D eigenvalue weighted by atomic mass is 9.93. The third-order valence-electron chi connectivity index (χ3n) is 10.5. The van der Waals surface area contributed by atoms with Crippen LogP contribution in [0, 0.1) is 0 Å². The van der Waals surface area contributed by atoms with Gasteiger partial charge in [-0.05, 0) is 85.6 Å². The summed E-state index contributed by atoms with van der Waals surface area (Å²) in [5.41, 5.74) is 13.9. The van der Waals surface area contributed by atoms with Gasteiger partial charge in [-0.2, -0.15) is 0 Å². The first-order valence-corrected chi connectivity index (χ1v) is 17.9. The average molecular weight is 676 g/mol. The highest BCUT2D eigenvalue weighted by molar-refractivity contribution is 6.17. The van der Waals surface area contributed by atoms with Crippen molar-refractivity contribution in [1.82, 2.24) is 15.0 Å². The quantitative estimate of drug-likeness (QED) is 0.182. The zero-order chi connectivity index (χ0) is 34.9. The maximum atomic E-state index is 6.50. The van der Waals surface area contributed by atoms with Crippen molar-refractivity contribution < 1.29 is 4.42 Å². The minimum Gasteiger partial charge on any atom is -0.456 e. The highest BCUT2D eigenvalue weighted by atomic mass is 16.3. The van der Waals surface area contributed by atoms with Gasteiger partial charge in [0.25, 0.3) is 0 Å². The Morgan fingerprint density at radius 1 is 0.302 bits per heavy atom. The Bertz CT molecular complexity index is 3060. The molecular formula is C49H29N3O. The van der Waals surface area contributed by atoms with Crippen LogP contribution in [-0.2, 0) is 0 Å². The van der Waals surface area contributed by atoms with Crippen molar-refractivity contribution in [3.05, 3.63) is 176 Å². The average Bonchev–Trinajstić information content (AvgIpc) is 3.77. The van der Waals surface area contributed by atoms with Gasteiger partial charge in [0.15, 0.2) is 17.5 Å². The molecule has 53 heavy (non-hydrogen) atoms. The van der Waals surface area contributed by atoms with Crippen molar-refractivity contribution in [3.8, 4) is 78.7 Å². The van der Waals surface area contributed by atoms with Gasteiger partial charge in [-0.25, -0.2) is 15.0 Å². The molecule has 0 saturated carbocycles. The van der Waals surface area contributed by atoms with Crippen molar-refractivity contribution in [1.29, 1.82) is 0 Å². The third kappa shape index (κ3) is 4.73. The van der Waals surface area contributed by atoms with E-state index < -0.39 is 0 Å². The number of furan rings is 1. The Balaban J connectivity index is 1.12. The highest BCUT2D eigenvalue weighted by Gasteiger charge is 2.24. The normalized spacial score (nSPS) is 11.8. The van der Waals surface area contributed by atoms with Crippen LogP contribution in [-0.4, -0.2) is 15.0 Å². The first-order valence-electron chi connectivity index (χ1n) is 17.9. The van der Waals surface area contributed by atoms with E-state index in [9.17, 15) is 0 Å². The van der Waals surface area contributed by atoms with Crippen LogP contribution in [0.3, 0.4) is 0 Å². The summed E-state index contributed by atoms with van der Waals surface area (Å²) in [5, 5.41) is 4.53. The van der Waals surface area contributed by atoms with Crippen molar-refractivity contribution in [3.63, 3.8) is 0 Å². The summed E-state index contributed by atoms with van der Waals surface area (Å²) in [6.07, 6.45) is 0. The van der Waals surface area contributed by atoms with Crippen LogP contribution in [0.2, 0.25) is 0 Å². The minimum atomic E-state index is 0.597. The van der Waals surface area contributed by atoms with Crippen LogP contribution in [0.4, 0.5) is 0 Å². The fourth-order valence-electron chi connectivity index (χ4n) is 8.06. The molecule has 2 aromatic heterocycles. The van der Waals surface area contributed by atoms with Gasteiger partial charge in [-0.1, -0.05) is 146 Å². The fraction of sp³-hybridized carbons (Fsp3) is 0. The summed E-state index contributed by atoms with van der Waals surface area (Å²) >= 11 is 0. The van der Waals surface area contributed by atoms with E-state index in [-0.39, 0.29) is 0 Å². The Kier molecular flexibility index (Phi) is 6.52. The Labute approximate surface area is 305 Å². The van der Waals surface area contributed by atoms with Crippen LogP contribution in [0.1, 0.15) is 0 Å². The van der Waals surface area contributed by atoms with Gasteiger partial charge in [-0.3, -0.25) is 0 Å². The minimum absolute atomic E-state index is 0.597. The van der Waals surface area contributed by atoms with E-state index >= 15 is 0 Å². The summed E-state index contributed by atoms with van der Waals surface area (Å²) < 4.78 is 6.50. The van der Waals surface area contributed by atoms with Crippen molar-refractivity contribution in [2.45, 2.75) is 0 Å². The molecule has 1 aliphatic rings. The molecule has 0 spiro atoms. The Morgan fingerprint density at radius 2 is 0.906 bits per heavy atom. The summed E-state index contributed by atoms with van der Waals surface area (Å²) in [4.78, 5) is 15.6. The molecule has 0 saturated heterocycles. The third-order valence-corrected chi connectivity index (χ3v) is 10.5. The maximum Gasteiger partial charge on any atom is 0.164 e. The molecule has 10 aromatic rings. The second-order valence-electron chi connectivity index (χ2n) is 13.5. The Hall–Kier alpha value is -7.17. The molecule has 246 valence electrons. The van der Waals surface area contributed by atoms with Crippen molar-refractivity contribution in [2.24, 2.45) is 0 Å². The molecule has 4 heteroatoms. The zero-order valence-corrected chi connectivity index (χ0v) is 28.5. The lowest BCUT2D eigenvalue weighted by Crippen LogP contribution is -2.01. The highest BCUT2D eigenvalue weighted by Crippen LogP contribution is 2.49. The van der Waals surface area contributed by atoms with E-state index in [1.807, 2.05) is 48.5 Å². The molecule has 0 atom stereocenters. The van der Waals surface area contributed by atoms with Crippen molar-refractivity contribution >= 4 is 32.7 Å². The van der Waals surface area contributed by atoms with E-state index in [2.05, 4.69) is 127 Å². The van der Waals surface area contributed by atoms with E-state index in [0.717, 1.165) is 60.9 Å². The summed E-state index contributed by atoms with van der Waals surface area (Å²) in [6, 6.07) is 61.5. The lowest BCUT2D eigenvalue weighted by Gasteiger charge is -2.14. The Morgan fingerprint density at radius 3 is 1.70 bits per heavy atom. The van der Waals surface area contributed by atoms with Crippen LogP contribution in [0.25, 0.3) is 111 Å². The van der Waals surface area contributed by atoms with Gasteiger partial charge in [0.05, 0.1) is 0 Å². The van der Waals surface area contributed by atoms with Gasteiger partial charge in [0, 0.05) is 27.5 Å². The number of aromatic nitrogens is 3. The van der Waals surface area contributed by atoms with Crippen LogP contribution >= 0.6 is 0 Å². The molecule has 0 fully saturated rings. The van der Waals surface area contributed by atoms with Gasteiger partial charge in [-0.15, -0.1) is 0 Å². The number of benzene rings is 8. The standard InChI is InChI=1S/C49H29N3O/c1-3-13-30(14-4-1)32-25-26-40-44(29-32)53-43-24-12-23-41(46(40)43)49-51-47(31-15-5-2-6-16-31)50-48(52-49)39-21-10-7-18-35(39)34-27-33-17-11-22-38-36-19-8-9-20-37(36)42(28-34)45(33)38/h1-29H. The number of hydrogen-bond acceptors (Lipinski definition) is 4. The van der Waals surface area contributed by atoms with Gasteiger partial charge in [0.2, 0.25) is 0 Å². The summed E-state index contributed by atoms with van der Waals surface area (Å²) in [7, 11) is 0. The molecule has 8 aromatic carbocycles. The first-order chi connectivity index (χ1) is 26.3. The smallest absolute Gasteiger partial charge is 0.164 e. The SMILES string of the molecule is c1ccc(-c2ccc3c(c2)oc2cccc(-c4nc(-c5ccccc5)nc(-c5ccccc5-c5cc6c7c(cccc7c5)-c5ccccc5-6)n4)c23)cc1. The van der Waals surface area contributed by atoms with Crippen molar-refractivity contribution in [2.75, 3.05) is 0 Å². The molecule has 0 radical (unpaired) electrons. The topological polar surface area (TPSA) is 51.8 Å². The first kappa shape index (κ1) is 29.5. The number of hydrogen-bond donors (Lipinski definition) is 0. The van der Waals surface area contributed by atoms with Crippen LogP contribution in [0.5, 0.6) is 0 Å². The molecule has 2 heterocycles. The number of fused-ring (bicyclic) bond motifs is 6. The van der Waals surface area contributed by atoms with Crippen LogP contribution < -0.4 is 0 Å². The number of nitrogens with zero attached hydrogens (tertiary/aromatic N) is 3. The molecule has 0 unspecified atom stereocenters. The molecular weight excluding hydrogens is 647 g/mol. The lowest BCUT2D eigenvalue weighted by molar-refractivity contribution is 0.669. The van der Waals surface area contributed by atoms with Crippen LogP contribution in [0.15, 0.2) is 180 Å². The van der Waals surface area contributed by atoms with Gasteiger partial charge in [0.1, 0.15) is 11.2 Å². The zero-order valence-electron chi connectivity index (χ0n) is 28.5. The molecule has 0 amide bonds. The summed E-state index contributed by atoms with van der Waals surface area (Å²) in [5.74, 6) is 1.83. The maximum absolute atomic E-state index is 6.50. The van der Waals surface area contributed by atoms with E-state index in [1.54, 1.807) is 0 Å². The second-order valence-corrected chi connectivity index (χ2v) is 13.5. The van der Waals surface area contributed by atoms with Gasteiger partial charge < -0.3 is 4.42 Å². The largest absolute Gasteiger partial charge is 0.456 e. The molecule has 0 bridgehead atoms. The fourth-order valence-corrected chi connectivity index (χ4v) is 8.06. The molecule has 0 aliphatic heterocycles. The number of rotatable bonds is 5. The predicted molar refractivity (Wildman–Crippen MR) is 216 cm³/mol. The second kappa shape index (κ2) is 11.7. The van der Waals surface area contributed by atoms with E-state index in [4.69, 9.17) is 19.4 Å². The summed E-state index contributed by atoms with van der Waals surface area (Å²) in [6.45, 7) is 0. The predicted octanol–water partition coefficient (Wildman–Crippen LogP) is 12.9. The molecule has 1 aliphatic carbocycles. The molecule has 4 nitrogen and oxygen atoms in total. The van der Waals surface area contributed by atoms with E-state index in [0.29, 0.717) is 17.5 Å². The van der Waals surface area contributed by atoms with Gasteiger partial charge >= 0.3 is 0 Å². The molecule has 0 N–H and O–H groups in total.